The predicted molar refractivity (Wildman–Crippen MR) is 128 cm³/mol. The summed E-state index contributed by atoms with van der Waals surface area (Å²) in [4.78, 5) is 25.0. The average molecular weight is 448 g/mol. The van der Waals surface area contributed by atoms with Gasteiger partial charge in [0.05, 0.1) is 7.11 Å². The molecule has 0 bridgehead atoms. The number of amides is 1. The molecule has 0 aliphatic carbocycles. The Morgan fingerprint density at radius 1 is 1.33 bits per heavy atom. The molecule has 6 nitrogen and oxygen atoms in total. The van der Waals surface area contributed by atoms with Crippen LogP contribution in [0.15, 0.2) is 36.4 Å². The van der Waals surface area contributed by atoms with Crippen molar-refractivity contribution in [3.8, 4) is 0 Å². The van der Waals surface area contributed by atoms with Gasteiger partial charge < -0.3 is 20.7 Å². The lowest BCUT2D eigenvalue weighted by molar-refractivity contribution is -0.142. The summed E-state index contributed by atoms with van der Waals surface area (Å²) in [7, 11) is 1.34. The lowest BCUT2D eigenvalue weighted by Gasteiger charge is -2.18. The van der Waals surface area contributed by atoms with E-state index >= 15 is 0 Å². The summed E-state index contributed by atoms with van der Waals surface area (Å²) in [5.74, 6) is 0.0466. The fraction of sp³-hybridized carbons (Fsp3) is 0.455. The van der Waals surface area contributed by atoms with Crippen LogP contribution in [-0.4, -0.2) is 61.4 Å². The Bertz CT molecular complexity index is 893. The molecule has 2 aromatic rings. The zero-order valence-electron chi connectivity index (χ0n) is 17.3. The van der Waals surface area contributed by atoms with E-state index in [1.54, 1.807) is 11.8 Å². The van der Waals surface area contributed by atoms with Gasteiger partial charge in [-0.2, -0.15) is 24.4 Å². The quantitative estimate of drug-likeness (QED) is 0.350. The SMILES string of the molecule is COC(=O)C(CCSC)NC(=O)c1cc(NC[C@@H]2CC(S)CN2)c2ccccc2c1. The first-order chi connectivity index (χ1) is 14.5. The average Bonchev–Trinajstić information content (AvgIpc) is 3.19. The number of ether oxygens (including phenoxy) is 1. The molecule has 30 heavy (non-hydrogen) atoms. The minimum atomic E-state index is -0.659. The second kappa shape index (κ2) is 10.9. The number of methoxy groups -OCH3 is 1. The van der Waals surface area contributed by atoms with Gasteiger partial charge in [0.25, 0.3) is 5.91 Å². The van der Waals surface area contributed by atoms with Crippen LogP contribution in [0, 0.1) is 0 Å². The Labute approximate surface area is 187 Å². The highest BCUT2D eigenvalue weighted by atomic mass is 32.2. The van der Waals surface area contributed by atoms with Crippen LogP contribution in [0.1, 0.15) is 23.2 Å². The topological polar surface area (TPSA) is 79.5 Å². The standard InChI is InChI=1S/C22H29N3O3S2/c1-28-22(27)19(7-8-30-2)25-21(26)15-9-14-5-3-4-6-18(14)20(10-15)24-12-16-11-17(29)13-23-16/h3-6,9-10,16-17,19,23-24,29H,7-8,11-13H2,1-2H3,(H,25,26)/t16-,17?,19?/m0/s1. The van der Waals surface area contributed by atoms with Crippen LogP contribution in [-0.2, 0) is 9.53 Å². The summed E-state index contributed by atoms with van der Waals surface area (Å²) >= 11 is 6.16. The van der Waals surface area contributed by atoms with Crippen LogP contribution in [0.4, 0.5) is 5.69 Å². The Morgan fingerprint density at radius 2 is 2.13 bits per heavy atom. The van der Waals surface area contributed by atoms with Crippen LogP contribution in [0.25, 0.3) is 10.8 Å². The minimum Gasteiger partial charge on any atom is -0.467 e. The fourth-order valence-corrected chi connectivity index (χ4v) is 4.47. The highest BCUT2D eigenvalue weighted by molar-refractivity contribution is 7.98. The van der Waals surface area contributed by atoms with Crippen molar-refractivity contribution < 1.29 is 14.3 Å². The number of thiol groups is 1. The Morgan fingerprint density at radius 3 is 2.83 bits per heavy atom. The minimum absolute atomic E-state index is 0.283. The molecule has 162 valence electrons. The number of hydrogen-bond acceptors (Lipinski definition) is 7. The van der Waals surface area contributed by atoms with E-state index in [2.05, 4.69) is 28.6 Å². The number of fused-ring (bicyclic) bond motifs is 1. The predicted octanol–water partition coefficient (Wildman–Crippen LogP) is 2.94. The first-order valence-electron chi connectivity index (χ1n) is 10.1. The number of nitrogens with one attached hydrogen (secondary N) is 3. The van der Waals surface area contributed by atoms with Gasteiger partial charge in [-0.05, 0) is 42.4 Å². The van der Waals surface area contributed by atoms with E-state index < -0.39 is 12.0 Å². The number of anilines is 1. The molecule has 1 amide bonds. The van der Waals surface area contributed by atoms with Crippen LogP contribution in [0.3, 0.4) is 0 Å². The third-order valence-electron chi connectivity index (χ3n) is 5.26. The monoisotopic (exact) mass is 447 g/mol. The highest BCUT2D eigenvalue weighted by Crippen LogP contribution is 2.26. The largest absolute Gasteiger partial charge is 0.467 e. The molecule has 2 unspecified atom stereocenters. The molecular weight excluding hydrogens is 418 g/mol. The van der Waals surface area contributed by atoms with Gasteiger partial charge in [0.1, 0.15) is 6.04 Å². The van der Waals surface area contributed by atoms with E-state index in [0.29, 0.717) is 23.3 Å². The van der Waals surface area contributed by atoms with Gasteiger partial charge in [-0.25, -0.2) is 4.79 Å². The summed E-state index contributed by atoms with van der Waals surface area (Å²) in [5.41, 5.74) is 1.42. The number of thioether (sulfide) groups is 1. The second-order valence-corrected chi connectivity index (χ2v) is 9.17. The number of rotatable bonds is 9. The molecular formula is C22H29N3O3S2. The van der Waals surface area contributed by atoms with Gasteiger partial charge in [0, 0.05) is 41.0 Å². The number of carbonyl (C=O) groups excluding carboxylic acids is 2. The molecule has 8 heteroatoms. The Balaban J connectivity index is 1.80. The molecule has 0 radical (unpaired) electrons. The van der Waals surface area contributed by atoms with E-state index in [1.165, 1.54) is 7.11 Å². The molecule has 3 rings (SSSR count). The zero-order chi connectivity index (χ0) is 21.5. The molecule has 1 aliphatic rings. The van der Waals surface area contributed by atoms with Crippen LogP contribution in [0.5, 0.6) is 0 Å². The van der Waals surface area contributed by atoms with Crippen molar-refractivity contribution in [2.24, 2.45) is 0 Å². The van der Waals surface area contributed by atoms with E-state index in [-0.39, 0.29) is 5.91 Å². The molecule has 0 saturated carbocycles. The number of esters is 1. The first-order valence-corrected chi connectivity index (χ1v) is 12.0. The van der Waals surface area contributed by atoms with E-state index in [0.717, 1.165) is 41.7 Å². The molecule has 1 aliphatic heterocycles. The van der Waals surface area contributed by atoms with Crippen molar-refractivity contribution in [2.75, 3.05) is 37.5 Å². The molecule has 1 saturated heterocycles. The smallest absolute Gasteiger partial charge is 0.328 e. The highest BCUT2D eigenvalue weighted by Gasteiger charge is 2.23. The number of benzene rings is 2. The zero-order valence-corrected chi connectivity index (χ0v) is 19.0. The van der Waals surface area contributed by atoms with Crippen molar-refractivity contribution in [3.05, 3.63) is 42.0 Å². The number of hydrogen-bond donors (Lipinski definition) is 4. The van der Waals surface area contributed by atoms with E-state index in [1.807, 2.05) is 42.7 Å². The van der Waals surface area contributed by atoms with Crippen LogP contribution < -0.4 is 16.0 Å². The summed E-state index contributed by atoms with van der Waals surface area (Å²) < 4.78 is 4.86. The molecule has 0 aromatic heterocycles. The summed E-state index contributed by atoms with van der Waals surface area (Å²) in [6.07, 6.45) is 3.49. The first kappa shape index (κ1) is 22.8. The second-order valence-electron chi connectivity index (χ2n) is 7.45. The third kappa shape index (κ3) is 5.83. The van der Waals surface area contributed by atoms with Gasteiger partial charge in [-0.1, -0.05) is 24.3 Å². The van der Waals surface area contributed by atoms with Gasteiger partial charge in [0.15, 0.2) is 0 Å². The number of carbonyl (C=O) groups is 2. The Kier molecular flexibility index (Phi) is 8.30. The maximum Gasteiger partial charge on any atom is 0.328 e. The van der Waals surface area contributed by atoms with Gasteiger partial charge in [-0.15, -0.1) is 0 Å². The lowest BCUT2D eigenvalue weighted by atomic mass is 10.0. The van der Waals surface area contributed by atoms with Gasteiger partial charge >= 0.3 is 5.97 Å². The van der Waals surface area contributed by atoms with Crippen molar-refractivity contribution >= 4 is 52.7 Å². The molecule has 2 aromatic carbocycles. The van der Waals surface area contributed by atoms with Gasteiger partial charge in [0.2, 0.25) is 0 Å². The van der Waals surface area contributed by atoms with Crippen molar-refractivity contribution in [3.63, 3.8) is 0 Å². The maximum absolute atomic E-state index is 13.0. The summed E-state index contributed by atoms with van der Waals surface area (Å²) in [5, 5.41) is 12.2. The molecule has 1 fully saturated rings. The van der Waals surface area contributed by atoms with E-state index in [4.69, 9.17) is 4.74 Å². The van der Waals surface area contributed by atoms with Gasteiger partial charge in [-0.3, -0.25) is 4.79 Å². The van der Waals surface area contributed by atoms with E-state index in [9.17, 15) is 9.59 Å². The molecule has 3 atom stereocenters. The molecule has 1 heterocycles. The summed E-state index contributed by atoms with van der Waals surface area (Å²) in [6.45, 7) is 1.66. The maximum atomic E-state index is 13.0. The fourth-order valence-electron chi connectivity index (χ4n) is 3.64. The van der Waals surface area contributed by atoms with Crippen molar-refractivity contribution in [2.45, 2.75) is 30.2 Å². The third-order valence-corrected chi connectivity index (χ3v) is 6.30. The summed E-state index contributed by atoms with van der Waals surface area (Å²) in [6, 6.07) is 11.4. The normalized spacial score (nSPS) is 19.4. The lowest BCUT2D eigenvalue weighted by Crippen LogP contribution is -2.42. The Hall–Kier alpha value is -1.90. The van der Waals surface area contributed by atoms with Crippen LogP contribution >= 0.6 is 24.4 Å². The van der Waals surface area contributed by atoms with Crippen molar-refractivity contribution in [1.82, 2.24) is 10.6 Å². The van der Waals surface area contributed by atoms with Crippen LogP contribution in [0.2, 0.25) is 0 Å². The molecule has 3 N–H and O–H groups in total. The molecule has 0 spiro atoms. The van der Waals surface area contributed by atoms with Crippen molar-refractivity contribution in [1.29, 1.82) is 0 Å².